The molecule has 1 fully saturated rings. The van der Waals surface area contributed by atoms with Crippen LogP contribution in [-0.4, -0.2) is 12.4 Å². The lowest BCUT2D eigenvalue weighted by Crippen LogP contribution is -2.39. The molecule has 3 nitrogen and oxygen atoms in total. The molecule has 0 aromatic rings. The van der Waals surface area contributed by atoms with Crippen LogP contribution in [0.15, 0.2) is 0 Å². The van der Waals surface area contributed by atoms with Crippen LogP contribution in [0, 0.1) is 11.8 Å². The van der Waals surface area contributed by atoms with Gasteiger partial charge < -0.3 is 0 Å². The molecule has 0 amide bonds. The second kappa shape index (κ2) is 3.52. The van der Waals surface area contributed by atoms with Crippen molar-refractivity contribution in [2.24, 2.45) is 11.8 Å². The third-order valence-corrected chi connectivity index (χ3v) is 1.94. The maximum absolute atomic E-state index is 5.33. The molecule has 1 saturated heterocycles. The molecular weight excluding hydrogens is 140 g/mol. The van der Waals surface area contributed by atoms with Crippen LogP contribution in [0.3, 0.4) is 0 Å². The molecule has 0 aromatic heterocycles. The zero-order chi connectivity index (χ0) is 8.43. The molecular formula is C8H18N2O. The van der Waals surface area contributed by atoms with Gasteiger partial charge in [-0.1, -0.05) is 27.7 Å². The van der Waals surface area contributed by atoms with Gasteiger partial charge in [-0.25, -0.2) is 0 Å². The molecule has 3 heteroatoms. The van der Waals surface area contributed by atoms with E-state index >= 15 is 0 Å². The molecule has 1 aliphatic heterocycles. The standard InChI is InChI=1S/C8H18N2O/c1-5(2)7-9-8(6(3)4)11-10-7/h5-10H,1-4H3. The van der Waals surface area contributed by atoms with E-state index < -0.39 is 0 Å². The fourth-order valence-corrected chi connectivity index (χ4v) is 1.05. The smallest absolute Gasteiger partial charge is 0.133 e. The highest BCUT2D eigenvalue weighted by atomic mass is 16.7. The number of nitrogens with one attached hydrogen (secondary N) is 2. The minimum absolute atomic E-state index is 0.169. The highest BCUT2D eigenvalue weighted by Crippen LogP contribution is 2.11. The van der Waals surface area contributed by atoms with Crippen molar-refractivity contribution in [1.82, 2.24) is 10.8 Å². The lowest BCUT2D eigenvalue weighted by atomic mass is 10.1. The summed E-state index contributed by atoms with van der Waals surface area (Å²) in [6.45, 7) is 8.61. The van der Waals surface area contributed by atoms with E-state index in [2.05, 4.69) is 38.5 Å². The van der Waals surface area contributed by atoms with E-state index in [0.29, 0.717) is 18.0 Å². The van der Waals surface area contributed by atoms with E-state index in [1.165, 1.54) is 0 Å². The lowest BCUT2D eigenvalue weighted by Gasteiger charge is -2.15. The molecule has 11 heavy (non-hydrogen) atoms. The summed E-state index contributed by atoms with van der Waals surface area (Å²) in [7, 11) is 0. The van der Waals surface area contributed by atoms with Crippen LogP contribution >= 0.6 is 0 Å². The third-order valence-electron chi connectivity index (χ3n) is 1.94. The molecule has 66 valence electrons. The quantitative estimate of drug-likeness (QED) is 0.631. The Morgan fingerprint density at radius 3 is 2.00 bits per heavy atom. The molecule has 0 bridgehead atoms. The summed E-state index contributed by atoms with van der Waals surface area (Å²) in [4.78, 5) is 5.33. The van der Waals surface area contributed by atoms with Gasteiger partial charge in [0.2, 0.25) is 0 Å². The average Bonchev–Trinajstić information content (AvgIpc) is 2.33. The Labute approximate surface area is 68.5 Å². The van der Waals surface area contributed by atoms with Crippen molar-refractivity contribution in [3.8, 4) is 0 Å². The van der Waals surface area contributed by atoms with Crippen LogP contribution in [0.25, 0.3) is 0 Å². The van der Waals surface area contributed by atoms with Gasteiger partial charge in [-0.3, -0.25) is 10.2 Å². The first-order valence-electron chi connectivity index (χ1n) is 4.28. The highest BCUT2D eigenvalue weighted by molar-refractivity contribution is 4.73. The third kappa shape index (κ3) is 2.15. The topological polar surface area (TPSA) is 33.3 Å². The van der Waals surface area contributed by atoms with Gasteiger partial charge in [0.1, 0.15) is 6.23 Å². The average molecular weight is 158 g/mol. The summed E-state index contributed by atoms with van der Waals surface area (Å²) in [6, 6.07) is 0. The van der Waals surface area contributed by atoms with Crippen molar-refractivity contribution in [2.45, 2.75) is 40.1 Å². The van der Waals surface area contributed by atoms with Crippen molar-refractivity contribution in [1.29, 1.82) is 0 Å². The summed E-state index contributed by atoms with van der Waals surface area (Å²) in [5.74, 6) is 1.09. The number of hydroxylamine groups is 1. The van der Waals surface area contributed by atoms with Gasteiger partial charge in [-0.05, 0) is 11.8 Å². The maximum atomic E-state index is 5.33. The Hall–Kier alpha value is -0.120. The molecule has 2 unspecified atom stereocenters. The van der Waals surface area contributed by atoms with Gasteiger partial charge in [0.05, 0.1) is 6.17 Å². The van der Waals surface area contributed by atoms with Gasteiger partial charge in [0.15, 0.2) is 0 Å². The lowest BCUT2D eigenvalue weighted by molar-refractivity contribution is -0.00431. The normalized spacial score (nSPS) is 32.2. The van der Waals surface area contributed by atoms with Gasteiger partial charge in [0.25, 0.3) is 0 Å². The predicted molar refractivity (Wildman–Crippen MR) is 44.6 cm³/mol. The first-order valence-corrected chi connectivity index (χ1v) is 4.28. The summed E-state index contributed by atoms with van der Waals surface area (Å²) >= 11 is 0. The monoisotopic (exact) mass is 158 g/mol. The zero-order valence-electron chi connectivity index (χ0n) is 7.72. The van der Waals surface area contributed by atoms with Crippen LogP contribution in [0.4, 0.5) is 0 Å². The number of hydrogen-bond acceptors (Lipinski definition) is 3. The van der Waals surface area contributed by atoms with E-state index in [-0.39, 0.29) is 6.23 Å². The molecule has 1 heterocycles. The Morgan fingerprint density at radius 1 is 1.09 bits per heavy atom. The summed E-state index contributed by atoms with van der Waals surface area (Å²) < 4.78 is 0. The Balaban J connectivity index is 2.35. The maximum Gasteiger partial charge on any atom is 0.133 e. The van der Waals surface area contributed by atoms with Crippen LogP contribution < -0.4 is 10.8 Å². The van der Waals surface area contributed by atoms with Crippen LogP contribution in [0.1, 0.15) is 27.7 Å². The van der Waals surface area contributed by atoms with E-state index in [0.717, 1.165) is 0 Å². The minimum Gasteiger partial charge on any atom is -0.281 e. The minimum atomic E-state index is 0.169. The SMILES string of the molecule is CC(C)C1NOC(C(C)C)N1. The van der Waals surface area contributed by atoms with Gasteiger partial charge >= 0.3 is 0 Å². The molecule has 2 N–H and O–H groups in total. The van der Waals surface area contributed by atoms with Crippen molar-refractivity contribution in [3.05, 3.63) is 0 Å². The van der Waals surface area contributed by atoms with E-state index in [4.69, 9.17) is 4.84 Å². The number of hydrogen-bond donors (Lipinski definition) is 2. The predicted octanol–water partition coefficient (Wildman–Crippen LogP) is 1.07. The Morgan fingerprint density at radius 2 is 1.73 bits per heavy atom. The summed E-state index contributed by atoms with van der Waals surface area (Å²) in [5, 5.41) is 3.36. The second-order valence-corrected chi connectivity index (χ2v) is 3.79. The molecule has 0 spiro atoms. The Kier molecular flexibility index (Phi) is 2.87. The molecule has 0 aliphatic carbocycles. The van der Waals surface area contributed by atoms with Crippen molar-refractivity contribution in [3.63, 3.8) is 0 Å². The van der Waals surface area contributed by atoms with Crippen molar-refractivity contribution >= 4 is 0 Å². The fraction of sp³-hybridized carbons (Fsp3) is 1.00. The molecule has 0 radical (unpaired) electrons. The molecule has 1 aliphatic rings. The highest BCUT2D eigenvalue weighted by Gasteiger charge is 2.27. The number of rotatable bonds is 2. The summed E-state index contributed by atoms with van der Waals surface area (Å²) in [5.41, 5.74) is 2.98. The van der Waals surface area contributed by atoms with Crippen molar-refractivity contribution < 1.29 is 4.84 Å². The van der Waals surface area contributed by atoms with E-state index in [1.807, 2.05) is 0 Å². The first kappa shape index (κ1) is 8.97. The van der Waals surface area contributed by atoms with Crippen LogP contribution in [-0.2, 0) is 4.84 Å². The van der Waals surface area contributed by atoms with Gasteiger partial charge in [-0.2, -0.15) is 5.48 Å². The Bertz CT molecular complexity index is 111. The van der Waals surface area contributed by atoms with Crippen molar-refractivity contribution in [2.75, 3.05) is 0 Å². The van der Waals surface area contributed by atoms with E-state index in [1.54, 1.807) is 0 Å². The second-order valence-electron chi connectivity index (χ2n) is 3.79. The van der Waals surface area contributed by atoms with Crippen LogP contribution in [0.5, 0.6) is 0 Å². The first-order chi connectivity index (χ1) is 5.11. The van der Waals surface area contributed by atoms with E-state index in [9.17, 15) is 0 Å². The van der Waals surface area contributed by atoms with Gasteiger partial charge in [0, 0.05) is 0 Å². The summed E-state index contributed by atoms with van der Waals surface area (Å²) in [6.07, 6.45) is 0.477. The van der Waals surface area contributed by atoms with Gasteiger partial charge in [-0.15, -0.1) is 0 Å². The largest absolute Gasteiger partial charge is 0.281 e. The molecule has 2 atom stereocenters. The van der Waals surface area contributed by atoms with Crippen LogP contribution in [0.2, 0.25) is 0 Å². The molecule has 0 saturated carbocycles. The fourth-order valence-electron chi connectivity index (χ4n) is 1.05. The zero-order valence-corrected chi connectivity index (χ0v) is 7.72. The molecule has 0 aromatic carbocycles. The molecule has 1 rings (SSSR count).